The molecule has 0 bridgehead atoms. The van der Waals surface area contributed by atoms with Gasteiger partial charge in [-0.25, -0.2) is 8.42 Å². The van der Waals surface area contributed by atoms with Crippen LogP contribution in [-0.2, 0) is 9.84 Å². The first-order valence-corrected chi connectivity index (χ1v) is 8.76. The average Bonchev–Trinajstić information content (AvgIpc) is 2.30. The summed E-state index contributed by atoms with van der Waals surface area (Å²) in [7, 11) is -3.15. The number of hydrogen-bond acceptors (Lipinski definition) is 3. The van der Waals surface area contributed by atoms with Gasteiger partial charge in [0.25, 0.3) is 0 Å². The molecule has 0 saturated carbocycles. The molecule has 0 fully saturated rings. The van der Waals surface area contributed by atoms with Crippen molar-refractivity contribution in [1.29, 1.82) is 0 Å². The van der Waals surface area contributed by atoms with Gasteiger partial charge in [0.05, 0.1) is 10.5 Å². The Balaban J connectivity index is 3.09. The van der Waals surface area contributed by atoms with Crippen LogP contribution in [0.25, 0.3) is 0 Å². The smallest absolute Gasteiger partial charge is 0.157 e. The van der Waals surface area contributed by atoms with Crippen molar-refractivity contribution in [3.63, 3.8) is 0 Å². The van der Waals surface area contributed by atoms with Crippen LogP contribution in [0.2, 0.25) is 0 Å². The molecule has 1 aromatic rings. The highest BCUT2D eigenvalue weighted by molar-refractivity contribution is 7.92. The van der Waals surface area contributed by atoms with Gasteiger partial charge in [-0.15, -0.1) is 0 Å². The van der Waals surface area contributed by atoms with E-state index in [9.17, 15) is 8.42 Å². The quantitative estimate of drug-likeness (QED) is 0.908. The molecule has 1 unspecified atom stereocenters. The Morgan fingerprint density at radius 2 is 1.75 bits per heavy atom. The van der Waals surface area contributed by atoms with Crippen LogP contribution in [0, 0.1) is 13.8 Å². The Kier molecular flexibility index (Phi) is 5.39. The molecule has 114 valence electrons. The van der Waals surface area contributed by atoms with Crippen molar-refractivity contribution in [3.05, 3.63) is 34.9 Å². The summed E-state index contributed by atoms with van der Waals surface area (Å²) < 4.78 is 24.1. The maximum atomic E-state index is 12.4. The minimum absolute atomic E-state index is 0.132. The predicted octanol–water partition coefficient (Wildman–Crippen LogP) is 3.17. The topological polar surface area (TPSA) is 46.2 Å². The Morgan fingerprint density at radius 3 is 2.20 bits per heavy atom. The molecule has 0 amide bonds. The molecule has 0 radical (unpaired) electrons. The van der Waals surface area contributed by atoms with Gasteiger partial charge in [0.2, 0.25) is 0 Å². The second kappa shape index (κ2) is 6.27. The van der Waals surface area contributed by atoms with E-state index in [2.05, 4.69) is 31.3 Å². The molecular formula is C16H27NO2S. The molecule has 0 heterocycles. The van der Waals surface area contributed by atoms with Crippen LogP contribution in [0.15, 0.2) is 18.2 Å². The van der Waals surface area contributed by atoms with E-state index in [1.54, 1.807) is 20.8 Å². The van der Waals surface area contributed by atoms with Crippen molar-refractivity contribution in [2.24, 2.45) is 0 Å². The van der Waals surface area contributed by atoms with Crippen molar-refractivity contribution >= 4 is 9.84 Å². The highest BCUT2D eigenvalue weighted by Gasteiger charge is 2.32. The number of benzene rings is 1. The highest BCUT2D eigenvalue weighted by atomic mass is 32.2. The van der Waals surface area contributed by atoms with Crippen molar-refractivity contribution < 1.29 is 8.42 Å². The third-order valence-electron chi connectivity index (χ3n) is 3.70. The van der Waals surface area contributed by atoms with E-state index in [-0.39, 0.29) is 11.8 Å². The van der Waals surface area contributed by atoms with Gasteiger partial charge in [-0.2, -0.15) is 0 Å². The zero-order valence-corrected chi connectivity index (χ0v) is 14.3. The van der Waals surface area contributed by atoms with E-state index >= 15 is 0 Å². The second-order valence-electron chi connectivity index (χ2n) is 6.35. The molecule has 1 rings (SSSR count). The summed E-state index contributed by atoms with van der Waals surface area (Å²) in [6.07, 6.45) is 0. The zero-order chi connectivity index (χ0) is 15.6. The maximum Gasteiger partial charge on any atom is 0.157 e. The van der Waals surface area contributed by atoms with Gasteiger partial charge in [0.1, 0.15) is 0 Å². The number of nitrogens with one attached hydrogen (secondary N) is 1. The van der Waals surface area contributed by atoms with Crippen molar-refractivity contribution in [2.75, 3.05) is 12.3 Å². The molecule has 1 N–H and O–H groups in total. The fourth-order valence-electron chi connectivity index (χ4n) is 1.97. The minimum atomic E-state index is -3.15. The fourth-order valence-corrected chi connectivity index (χ4v) is 3.22. The molecule has 0 aliphatic carbocycles. The number of rotatable bonds is 5. The van der Waals surface area contributed by atoms with Gasteiger partial charge < -0.3 is 5.32 Å². The van der Waals surface area contributed by atoms with E-state index in [1.807, 2.05) is 13.0 Å². The summed E-state index contributed by atoms with van der Waals surface area (Å²) in [5, 5.41) is 3.29. The highest BCUT2D eigenvalue weighted by Crippen LogP contribution is 2.24. The van der Waals surface area contributed by atoms with Crippen LogP contribution in [0.5, 0.6) is 0 Å². The van der Waals surface area contributed by atoms with Gasteiger partial charge in [-0.05, 0) is 57.9 Å². The lowest BCUT2D eigenvalue weighted by Crippen LogP contribution is -2.36. The summed E-state index contributed by atoms with van der Waals surface area (Å²) in [6.45, 7) is 12.1. The third-order valence-corrected chi connectivity index (χ3v) is 6.34. The minimum Gasteiger partial charge on any atom is -0.309 e. The second-order valence-corrected chi connectivity index (χ2v) is 9.14. The number of sulfone groups is 1. The van der Waals surface area contributed by atoms with Crippen LogP contribution in [-0.4, -0.2) is 25.5 Å². The Morgan fingerprint density at radius 1 is 1.15 bits per heavy atom. The molecule has 1 atom stereocenters. The molecule has 0 aromatic heterocycles. The zero-order valence-electron chi connectivity index (χ0n) is 13.4. The lowest BCUT2D eigenvalue weighted by atomic mass is 10.0. The Bertz CT molecular complexity index is 556. The number of hydrogen-bond donors (Lipinski definition) is 1. The van der Waals surface area contributed by atoms with Gasteiger partial charge in [0.15, 0.2) is 9.84 Å². The van der Waals surface area contributed by atoms with Crippen LogP contribution in [0.3, 0.4) is 0 Å². The predicted molar refractivity (Wildman–Crippen MR) is 85.9 cm³/mol. The number of aryl methyl sites for hydroxylation is 2. The van der Waals surface area contributed by atoms with Crippen molar-refractivity contribution in [1.82, 2.24) is 5.32 Å². The lowest BCUT2D eigenvalue weighted by molar-refractivity contribution is 0.533. The maximum absolute atomic E-state index is 12.4. The first-order chi connectivity index (χ1) is 9.08. The normalized spacial score (nSPS) is 14.3. The summed E-state index contributed by atoms with van der Waals surface area (Å²) in [5.74, 6) is 0.132. The Hall–Kier alpha value is -0.870. The Labute approximate surface area is 123 Å². The van der Waals surface area contributed by atoms with Gasteiger partial charge in [0, 0.05) is 6.04 Å². The molecule has 0 aliphatic rings. The van der Waals surface area contributed by atoms with Crippen molar-refractivity contribution in [3.8, 4) is 0 Å². The molecule has 4 heteroatoms. The van der Waals surface area contributed by atoms with Crippen LogP contribution >= 0.6 is 0 Å². The first-order valence-electron chi connectivity index (χ1n) is 7.11. The molecule has 0 spiro atoms. The SMILES string of the molecule is CCNC(CS(=O)(=O)C(C)(C)C)c1ccc(C)c(C)c1. The first kappa shape index (κ1) is 17.2. The van der Waals surface area contributed by atoms with Gasteiger partial charge in [-0.3, -0.25) is 0 Å². The molecule has 0 saturated heterocycles. The van der Waals surface area contributed by atoms with E-state index in [0.717, 1.165) is 12.1 Å². The molecule has 3 nitrogen and oxygen atoms in total. The van der Waals surface area contributed by atoms with Crippen LogP contribution in [0.4, 0.5) is 0 Å². The largest absolute Gasteiger partial charge is 0.309 e. The molecule has 20 heavy (non-hydrogen) atoms. The summed E-state index contributed by atoms with van der Waals surface area (Å²) in [4.78, 5) is 0. The summed E-state index contributed by atoms with van der Waals surface area (Å²) in [5.41, 5.74) is 3.46. The van der Waals surface area contributed by atoms with Crippen molar-refractivity contribution in [2.45, 2.75) is 52.3 Å². The van der Waals surface area contributed by atoms with E-state index in [0.29, 0.717) is 0 Å². The summed E-state index contributed by atoms with van der Waals surface area (Å²) >= 11 is 0. The van der Waals surface area contributed by atoms with Crippen LogP contribution in [0.1, 0.15) is 50.4 Å². The summed E-state index contributed by atoms with van der Waals surface area (Å²) in [6, 6.07) is 6.01. The van der Waals surface area contributed by atoms with Gasteiger partial charge in [-0.1, -0.05) is 25.1 Å². The van der Waals surface area contributed by atoms with E-state index in [1.165, 1.54) is 11.1 Å². The molecule has 1 aromatic carbocycles. The average molecular weight is 297 g/mol. The van der Waals surface area contributed by atoms with E-state index in [4.69, 9.17) is 0 Å². The molecular weight excluding hydrogens is 270 g/mol. The molecule has 0 aliphatic heterocycles. The fraction of sp³-hybridized carbons (Fsp3) is 0.625. The monoisotopic (exact) mass is 297 g/mol. The van der Waals surface area contributed by atoms with E-state index < -0.39 is 14.6 Å². The lowest BCUT2D eigenvalue weighted by Gasteiger charge is -2.25. The standard InChI is InChI=1S/C16H27NO2S/c1-7-17-15(11-20(18,19)16(4,5)6)14-9-8-12(2)13(3)10-14/h8-10,15,17H,7,11H2,1-6H3. The third kappa shape index (κ3) is 4.06. The van der Waals surface area contributed by atoms with Gasteiger partial charge >= 0.3 is 0 Å². The van der Waals surface area contributed by atoms with Crippen LogP contribution < -0.4 is 5.32 Å².